The SMILES string of the molecule is CC/C=C\C/C=C\C/C=C\C/C=C\C/C=C\C/C=C\C/C=C\CCCCCC(=O)OCC(COC(=O)CCCCCCCCCCCCCCCCC)OC(=O)CCCCCCC/C=C\C/C=C\CCCCC. The molecule has 416 valence electrons. The van der Waals surface area contributed by atoms with Crippen LogP contribution in [0.1, 0.15) is 278 Å². The fourth-order valence-electron chi connectivity index (χ4n) is 8.22. The van der Waals surface area contributed by atoms with E-state index >= 15 is 0 Å². The van der Waals surface area contributed by atoms with Crippen LogP contribution in [0, 0.1) is 0 Å². The highest BCUT2D eigenvalue weighted by atomic mass is 16.6. The Hall–Kier alpha value is -3.93. The number of ether oxygens (including phenoxy) is 3. The zero-order valence-electron chi connectivity index (χ0n) is 47.6. The Balaban J connectivity index is 4.44. The molecule has 0 heterocycles. The summed E-state index contributed by atoms with van der Waals surface area (Å²) in [7, 11) is 0. The summed E-state index contributed by atoms with van der Waals surface area (Å²) in [6, 6.07) is 0. The Morgan fingerprint density at radius 2 is 0.534 bits per heavy atom. The maximum Gasteiger partial charge on any atom is 0.306 e. The van der Waals surface area contributed by atoms with Crippen molar-refractivity contribution < 1.29 is 28.6 Å². The van der Waals surface area contributed by atoms with E-state index in [-0.39, 0.29) is 31.1 Å². The van der Waals surface area contributed by atoms with Crippen molar-refractivity contribution in [2.24, 2.45) is 0 Å². The van der Waals surface area contributed by atoms with Gasteiger partial charge in [0.1, 0.15) is 13.2 Å². The van der Waals surface area contributed by atoms with E-state index in [0.29, 0.717) is 19.3 Å². The molecule has 6 heteroatoms. The summed E-state index contributed by atoms with van der Waals surface area (Å²) in [5.74, 6) is -0.937. The molecular weight excluding hydrogens is 901 g/mol. The molecule has 0 amide bonds. The first-order chi connectivity index (χ1) is 36.0. The predicted octanol–water partition coefficient (Wildman–Crippen LogP) is 20.7. The Bertz CT molecular complexity index is 1490. The van der Waals surface area contributed by atoms with Crippen LogP contribution in [-0.2, 0) is 28.6 Å². The van der Waals surface area contributed by atoms with Crippen molar-refractivity contribution in [3.8, 4) is 0 Å². The minimum absolute atomic E-state index is 0.0936. The second kappa shape index (κ2) is 60.6. The highest BCUT2D eigenvalue weighted by molar-refractivity contribution is 5.71. The van der Waals surface area contributed by atoms with E-state index in [1.165, 1.54) is 103 Å². The van der Waals surface area contributed by atoms with E-state index < -0.39 is 6.10 Å². The molecule has 0 radical (unpaired) electrons. The van der Waals surface area contributed by atoms with Crippen molar-refractivity contribution in [3.05, 3.63) is 109 Å². The van der Waals surface area contributed by atoms with E-state index in [1.54, 1.807) is 0 Å². The summed E-state index contributed by atoms with van der Waals surface area (Å²) in [6.45, 7) is 6.47. The normalized spacial score (nSPS) is 12.9. The predicted molar refractivity (Wildman–Crippen MR) is 316 cm³/mol. The van der Waals surface area contributed by atoms with Crippen LogP contribution < -0.4 is 0 Å². The topological polar surface area (TPSA) is 78.9 Å². The first-order valence-electron chi connectivity index (χ1n) is 30.4. The van der Waals surface area contributed by atoms with Crippen molar-refractivity contribution in [1.29, 1.82) is 0 Å². The number of hydrogen-bond acceptors (Lipinski definition) is 6. The fraction of sp³-hybridized carbons (Fsp3) is 0.687. The average Bonchev–Trinajstić information content (AvgIpc) is 3.39. The molecule has 0 N–H and O–H groups in total. The maximum absolute atomic E-state index is 12.9. The molecule has 0 saturated carbocycles. The smallest absolute Gasteiger partial charge is 0.306 e. The van der Waals surface area contributed by atoms with Gasteiger partial charge in [-0.2, -0.15) is 0 Å². The summed E-state index contributed by atoms with van der Waals surface area (Å²) in [5, 5.41) is 0. The summed E-state index contributed by atoms with van der Waals surface area (Å²) in [6.07, 6.45) is 82.2. The third kappa shape index (κ3) is 58.8. The standard InChI is InChI=1S/C67H112O6/c1-4-7-10-13-16-19-22-25-28-29-30-31-32-33-34-35-36-37-40-42-45-48-51-54-57-60-66(69)72-63-64(73-67(70)61-58-55-52-49-46-43-39-27-24-21-18-15-12-9-6-3)62-71-65(68)59-56-53-50-47-44-41-38-26-23-20-17-14-11-8-5-2/h7,10,16,18-19,21,25,27-28,30-31,33-34,36-37,39,42,45,64H,4-6,8-9,11-15,17,20,22-24,26,29,32,35,38,40-41,43-44,46-63H2,1-3H3/b10-7-,19-16-,21-18-,28-25-,31-30-,34-33-,37-36-,39-27-,45-42-. The van der Waals surface area contributed by atoms with Crippen molar-refractivity contribution >= 4 is 17.9 Å². The molecule has 0 aliphatic carbocycles. The number of allylic oxidation sites excluding steroid dienone is 18. The maximum atomic E-state index is 12.9. The van der Waals surface area contributed by atoms with Crippen LogP contribution >= 0.6 is 0 Å². The molecule has 0 aliphatic heterocycles. The Kier molecular flexibility index (Phi) is 57.4. The van der Waals surface area contributed by atoms with Gasteiger partial charge in [0, 0.05) is 19.3 Å². The molecule has 0 aliphatic rings. The number of unbranched alkanes of at least 4 members (excludes halogenated alkanes) is 25. The lowest BCUT2D eigenvalue weighted by Gasteiger charge is -2.18. The number of carbonyl (C=O) groups is 3. The van der Waals surface area contributed by atoms with Crippen LogP contribution in [0.2, 0.25) is 0 Å². The lowest BCUT2D eigenvalue weighted by atomic mass is 10.0. The minimum atomic E-state index is -0.800. The first kappa shape index (κ1) is 69.1. The third-order valence-corrected chi connectivity index (χ3v) is 12.8. The molecule has 1 unspecified atom stereocenters. The molecule has 1 atom stereocenters. The summed E-state index contributed by atoms with van der Waals surface area (Å²) in [5.41, 5.74) is 0. The van der Waals surface area contributed by atoms with Crippen LogP contribution in [0.5, 0.6) is 0 Å². The molecule has 0 rings (SSSR count). The van der Waals surface area contributed by atoms with Gasteiger partial charge in [0.25, 0.3) is 0 Å². The third-order valence-electron chi connectivity index (χ3n) is 12.8. The van der Waals surface area contributed by atoms with Gasteiger partial charge in [0.05, 0.1) is 0 Å². The van der Waals surface area contributed by atoms with E-state index in [0.717, 1.165) is 135 Å². The second-order valence-corrected chi connectivity index (χ2v) is 19.9. The quantitative estimate of drug-likeness (QED) is 0.0261. The van der Waals surface area contributed by atoms with Gasteiger partial charge in [0.15, 0.2) is 6.10 Å². The highest BCUT2D eigenvalue weighted by Crippen LogP contribution is 2.15. The molecular formula is C67H112O6. The van der Waals surface area contributed by atoms with Crippen LogP contribution in [0.25, 0.3) is 0 Å². The van der Waals surface area contributed by atoms with Gasteiger partial charge in [0.2, 0.25) is 0 Å². The zero-order chi connectivity index (χ0) is 52.9. The lowest BCUT2D eigenvalue weighted by molar-refractivity contribution is -0.167. The Morgan fingerprint density at radius 1 is 0.288 bits per heavy atom. The largest absolute Gasteiger partial charge is 0.462 e. The monoisotopic (exact) mass is 1010 g/mol. The van der Waals surface area contributed by atoms with Crippen molar-refractivity contribution in [1.82, 2.24) is 0 Å². The average molecular weight is 1010 g/mol. The van der Waals surface area contributed by atoms with Gasteiger partial charge >= 0.3 is 17.9 Å². The molecule has 0 fully saturated rings. The molecule has 0 spiro atoms. The van der Waals surface area contributed by atoms with E-state index in [9.17, 15) is 14.4 Å². The fourth-order valence-corrected chi connectivity index (χ4v) is 8.22. The molecule has 0 aromatic heterocycles. The molecule has 0 saturated heterocycles. The molecule has 0 aromatic carbocycles. The van der Waals surface area contributed by atoms with Gasteiger partial charge in [-0.3, -0.25) is 14.4 Å². The van der Waals surface area contributed by atoms with Crippen LogP contribution in [0.4, 0.5) is 0 Å². The van der Waals surface area contributed by atoms with E-state index in [4.69, 9.17) is 14.2 Å². The van der Waals surface area contributed by atoms with Gasteiger partial charge < -0.3 is 14.2 Å². The van der Waals surface area contributed by atoms with Gasteiger partial charge in [-0.15, -0.1) is 0 Å². The van der Waals surface area contributed by atoms with Crippen LogP contribution in [0.3, 0.4) is 0 Å². The lowest BCUT2D eigenvalue weighted by Crippen LogP contribution is -2.30. The number of hydrogen-bond donors (Lipinski definition) is 0. The summed E-state index contributed by atoms with van der Waals surface area (Å²) < 4.78 is 16.9. The summed E-state index contributed by atoms with van der Waals surface area (Å²) in [4.78, 5) is 38.2. The van der Waals surface area contributed by atoms with Crippen LogP contribution in [0.15, 0.2) is 109 Å². The highest BCUT2D eigenvalue weighted by Gasteiger charge is 2.19. The summed E-state index contributed by atoms with van der Waals surface area (Å²) >= 11 is 0. The molecule has 6 nitrogen and oxygen atoms in total. The van der Waals surface area contributed by atoms with Crippen molar-refractivity contribution in [3.63, 3.8) is 0 Å². The molecule has 73 heavy (non-hydrogen) atoms. The zero-order valence-corrected chi connectivity index (χ0v) is 47.6. The Morgan fingerprint density at radius 3 is 0.877 bits per heavy atom. The van der Waals surface area contributed by atoms with Gasteiger partial charge in [-0.05, 0) is 109 Å². The van der Waals surface area contributed by atoms with E-state index in [1.807, 2.05) is 0 Å². The second-order valence-electron chi connectivity index (χ2n) is 19.9. The number of carbonyl (C=O) groups excluding carboxylic acids is 3. The first-order valence-corrected chi connectivity index (χ1v) is 30.4. The van der Waals surface area contributed by atoms with E-state index in [2.05, 4.69) is 130 Å². The van der Waals surface area contributed by atoms with Gasteiger partial charge in [-0.25, -0.2) is 0 Å². The van der Waals surface area contributed by atoms with Crippen LogP contribution in [-0.4, -0.2) is 37.2 Å². The van der Waals surface area contributed by atoms with Crippen molar-refractivity contribution in [2.45, 2.75) is 284 Å². The number of esters is 3. The minimum Gasteiger partial charge on any atom is -0.462 e. The molecule has 0 aromatic rings. The van der Waals surface area contributed by atoms with Crippen molar-refractivity contribution in [2.75, 3.05) is 13.2 Å². The number of rotatable bonds is 54. The Labute approximate surface area is 450 Å². The molecule has 0 bridgehead atoms. The van der Waals surface area contributed by atoms with Gasteiger partial charge in [-0.1, -0.05) is 259 Å².